The molecule has 2 aromatic rings. The standard InChI is InChI=1S/C13H15N3OS/c1-10-8-15-13(16-9-10)18-7-6-17-12-5-3-2-4-11(12)14/h2-5,8-9H,6-7,14H2,1H3. The van der Waals surface area contributed by atoms with Gasteiger partial charge in [0.2, 0.25) is 0 Å². The van der Waals surface area contributed by atoms with Crippen molar-refractivity contribution in [1.29, 1.82) is 0 Å². The lowest BCUT2D eigenvalue weighted by Gasteiger charge is -2.07. The first kappa shape index (κ1) is 12.7. The molecule has 0 aliphatic carbocycles. The Morgan fingerprint density at radius 1 is 1.22 bits per heavy atom. The Hall–Kier alpha value is -1.75. The largest absolute Gasteiger partial charge is 0.491 e. The smallest absolute Gasteiger partial charge is 0.187 e. The Morgan fingerprint density at radius 2 is 1.94 bits per heavy atom. The Morgan fingerprint density at radius 3 is 2.67 bits per heavy atom. The molecule has 2 N–H and O–H groups in total. The predicted molar refractivity (Wildman–Crippen MR) is 73.8 cm³/mol. The molecule has 0 saturated heterocycles. The second-order valence-electron chi connectivity index (χ2n) is 3.78. The van der Waals surface area contributed by atoms with Crippen molar-refractivity contribution in [2.75, 3.05) is 18.1 Å². The molecule has 1 aromatic carbocycles. The fourth-order valence-corrected chi connectivity index (χ4v) is 1.96. The van der Waals surface area contributed by atoms with E-state index in [0.29, 0.717) is 12.3 Å². The molecule has 18 heavy (non-hydrogen) atoms. The van der Waals surface area contributed by atoms with Crippen LogP contribution in [0.15, 0.2) is 41.8 Å². The van der Waals surface area contributed by atoms with Crippen molar-refractivity contribution in [2.45, 2.75) is 12.1 Å². The van der Waals surface area contributed by atoms with Gasteiger partial charge in [-0.3, -0.25) is 0 Å². The first-order valence-corrected chi connectivity index (χ1v) is 6.63. The van der Waals surface area contributed by atoms with Gasteiger partial charge >= 0.3 is 0 Å². The molecule has 5 heteroatoms. The van der Waals surface area contributed by atoms with Gasteiger partial charge in [-0.25, -0.2) is 9.97 Å². The molecule has 0 unspecified atom stereocenters. The molecule has 2 rings (SSSR count). The van der Waals surface area contributed by atoms with Crippen LogP contribution in [0.3, 0.4) is 0 Å². The highest BCUT2D eigenvalue weighted by molar-refractivity contribution is 7.99. The number of ether oxygens (including phenoxy) is 1. The second-order valence-corrected chi connectivity index (χ2v) is 4.84. The van der Waals surface area contributed by atoms with Crippen LogP contribution in [-0.4, -0.2) is 22.3 Å². The van der Waals surface area contributed by atoms with E-state index >= 15 is 0 Å². The number of benzene rings is 1. The molecule has 94 valence electrons. The number of nitrogen functional groups attached to an aromatic ring is 1. The molecule has 0 saturated carbocycles. The summed E-state index contributed by atoms with van der Waals surface area (Å²) in [6.07, 6.45) is 3.62. The molecule has 1 aromatic heterocycles. The minimum absolute atomic E-state index is 0.579. The van der Waals surface area contributed by atoms with Gasteiger partial charge in [0.25, 0.3) is 0 Å². The van der Waals surface area contributed by atoms with Gasteiger partial charge in [-0.1, -0.05) is 23.9 Å². The number of hydrogen-bond donors (Lipinski definition) is 1. The van der Waals surface area contributed by atoms with Gasteiger partial charge in [-0.15, -0.1) is 0 Å². The van der Waals surface area contributed by atoms with E-state index < -0.39 is 0 Å². The van der Waals surface area contributed by atoms with Gasteiger partial charge < -0.3 is 10.5 Å². The number of aromatic nitrogens is 2. The summed E-state index contributed by atoms with van der Waals surface area (Å²) in [6.45, 7) is 2.55. The maximum Gasteiger partial charge on any atom is 0.187 e. The van der Waals surface area contributed by atoms with E-state index in [1.54, 1.807) is 11.8 Å². The Balaban J connectivity index is 1.76. The highest BCUT2D eigenvalue weighted by Crippen LogP contribution is 2.20. The van der Waals surface area contributed by atoms with Gasteiger partial charge in [0, 0.05) is 18.1 Å². The molecular formula is C13H15N3OS. The number of anilines is 1. The summed E-state index contributed by atoms with van der Waals surface area (Å²) < 4.78 is 5.58. The third-order valence-corrected chi connectivity index (χ3v) is 3.09. The molecule has 0 aliphatic heterocycles. The van der Waals surface area contributed by atoms with Crippen molar-refractivity contribution >= 4 is 17.4 Å². The number of para-hydroxylation sites is 2. The maximum absolute atomic E-state index is 5.77. The fourth-order valence-electron chi connectivity index (χ4n) is 1.35. The van der Waals surface area contributed by atoms with Crippen molar-refractivity contribution in [3.8, 4) is 5.75 Å². The molecule has 0 amide bonds. The topological polar surface area (TPSA) is 61.0 Å². The van der Waals surface area contributed by atoms with Crippen LogP contribution in [0.2, 0.25) is 0 Å². The summed E-state index contributed by atoms with van der Waals surface area (Å²) in [6, 6.07) is 7.48. The lowest BCUT2D eigenvalue weighted by Crippen LogP contribution is -2.03. The molecule has 0 aliphatic rings. The van der Waals surface area contributed by atoms with Crippen molar-refractivity contribution in [2.24, 2.45) is 0 Å². The van der Waals surface area contributed by atoms with Crippen LogP contribution in [0.5, 0.6) is 5.75 Å². The monoisotopic (exact) mass is 261 g/mol. The third-order valence-electron chi connectivity index (χ3n) is 2.25. The van der Waals surface area contributed by atoms with Crippen molar-refractivity contribution in [3.63, 3.8) is 0 Å². The number of rotatable bonds is 5. The number of aryl methyl sites for hydroxylation is 1. The zero-order valence-corrected chi connectivity index (χ0v) is 11.0. The van der Waals surface area contributed by atoms with Crippen molar-refractivity contribution in [1.82, 2.24) is 9.97 Å². The molecule has 0 radical (unpaired) electrons. The van der Waals surface area contributed by atoms with Crippen LogP contribution in [0, 0.1) is 6.92 Å². The second kappa shape index (κ2) is 6.26. The maximum atomic E-state index is 5.77. The molecule has 0 bridgehead atoms. The van der Waals surface area contributed by atoms with Crippen LogP contribution in [0.4, 0.5) is 5.69 Å². The highest BCUT2D eigenvalue weighted by atomic mass is 32.2. The van der Waals surface area contributed by atoms with Crippen LogP contribution in [-0.2, 0) is 0 Å². The average molecular weight is 261 g/mol. The van der Waals surface area contributed by atoms with E-state index in [-0.39, 0.29) is 0 Å². The molecule has 1 heterocycles. The number of hydrogen-bond acceptors (Lipinski definition) is 5. The van der Waals surface area contributed by atoms with E-state index in [1.165, 1.54) is 0 Å². The normalized spacial score (nSPS) is 10.3. The summed E-state index contributed by atoms with van der Waals surface area (Å²) in [4.78, 5) is 8.42. The highest BCUT2D eigenvalue weighted by Gasteiger charge is 2.00. The van der Waals surface area contributed by atoms with E-state index in [4.69, 9.17) is 10.5 Å². The SMILES string of the molecule is Cc1cnc(SCCOc2ccccc2N)nc1. The molecule has 0 fully saturated rings. The van der Waals surface area contributed by atoms with Crippen LogP contribution < -0.4 is 10.5 Å². The summed E-state index contributed by atoms with van der Waals surface area (Å²) in [7, 11) is 0. The Labute approximate surface area is 111 Å². The Bertz CT molecular complexity index is 502. The summed E-state index contributed by atoms with van der Waals surface area (Å²) in [5, 5.41) is 0.769. The minimum Gasteiger partial charge on any atom is -0.491 e. The van der Waals surface area contributed by atoms with Gasteiger partial charge in [0.05, 0.1) is 12.3 Å². The van der Waals surface area contributed by atoms with E-state index in [2.05, 4.69) is 9.97 Å². The Kier molecular flexibility index (Phi) is 4.41. The van der Waals surface area contributed by atoms with Crippen molar-refractivity contribution in [3.05, 3.63) is 42.2 Å². The zero-order chi connectivity index (χ0) is 12.8. The lowest BCUT2D eigenvalue weighted by atomic mass is 10.3. The van der Waals surface area contributed by atoms with E-state index in [1.807, 2.05) is 43.6 Å². The zero-order valence-electron chi connectivity index (χ0n) is 10.2. The van der Waals surface area contributed by atoms with E-state index in [0.717, 1.165) is 22.2 Å². The fraction of sp³-hybridized carbons (Fsp3) is 0.231. The number of thioether (sulfide) groups is 1. The van der Waals surface area contributed by atoms with Crippen molar-refractivity contribution < 1.29 is 4.74 Å². The lowest BCUT2D eigenvalue weighted by molar-refractivity contribution is 0.345. The van der Waals surface area contributed by atoms with Gasteiger partial charge in [-0.2, -0.15) is 0 Å². The van der Waals surface area contributed by atoms with Gasteiger partial charge in [-0.05, 0) is 24.6 Å². The molecule has 0 spiro atoms. The van der Waals surface area contributed by atoms with Gasteiger partial charge in [0.1, 0.15) is 5.75 Å². The first-order chi connectivity index (χ1) is 8.75. The van der Waals surface area contributed by atoms with Crippen LogP contribution in [0.1, 0.15) is 5.56 Å². The van der Waals surface area contributed by atoms with Gasteiger partial charge in [0.15, 0.2) is 5.16 Å². The van der Waals surface area contributed by atoms with E-state index in [9.17, 15) is 0 Å². The third kappa shape index (κ3) is 3.63. The summed E-state index contributed by atoms with van der Waals surface area (Å²) in [5.74, 6) is 1.51. The predicted octanol–water partition coefficient (Wildman–Crippen LogP) is 2.54. The first-order valence-electron chi connectivity index (χ1n) is 5.64. The number of nitrogens with two attached hydrogens (primary N) is 1. The molecule has 4 nitrogen and oxygen atoms in total. The van der Waals surface area contributed by atoms with Crippen LogP contribution in [0.25, 0.3) is 0 Å². The molecular weight excluding hydrogens is 246 g/mol. The molecule has 0 atom stereocenters. The number of nitrogens with zero attached hydrogens (tertiary/aromatic N) is 2. The summed E-state index contributed by atoms with van der Waals surface area (Å²) >= 11 is 1.57. The average Bonchev–Trinajstić information content (AvgIpc) is 2.39. The minimum atomic E-state index is 0.579. The quantitative estimate of drug-likeness (QED) is 0.388. The summed E-state index contributed by atoms with van der Waals surface area (Å²) in [5.41, 5.74) is 7.50. The van der Waals surface area contributed by atoms with Crippen LogP contribution >= 0.6 is 11.8 Å².